The van der Waals surface area contributed by atoms with Gasteiger partial charge in [-0.2, -0.15) is 0 Å². The second-order valence-electron chi connectivity index (χ2n) is 13.5. The van der Waals surface area contributed by atoms with E-state index in [-0.39, 0.29) is 47.3 Å². The van der Waals surface area contributed by atoms with E-state index >= 15 is 0 Å². The van der Waals surface area contributed by atoms with Gasteiger partial charge in [-0.3, -0.25) is 40.9 Å². The van der Waals surface area contributed by atoms with Crippen LogP contribution in [0.3, 0.4) is 0 Å². The second kappa shape index (κ2) is 20.4. The van der Waals surface area contributed by atoms with Crippen LogP contribution in [0.4, 0.5) is 9.59 Å². The number of amides is 4. The molecular weight excluding hydrogens is 648 g/mol. The van der Waals surface area contributed by atoms with Gasteiger partial charge in [0, 0.05) is 12.8 Å². The Kier molecular flexibility index (Phi) is 16.7. The number of rotatable bonds is 15. The molecule has 4 N–H and O–H groups in total. The van der Waals surface area contributed by atoms with Crippen molar-refractivity contribution in [2.24, 2.45) is 0 Å². The van der Waals surface area contributed by atoms with Gasteiger partial charge in [-0.25, -0.2) is 9.59 Å². The zero-order valence-corrected chi connectivity index (χ0v) is 29.8. The number of hydrogen-bond donors (Lipinski definition) is 4. The minimum Gasteiger partial charge on any atom is -0.428 e. The average molecular weight is 699 g/mol. The van der Waals surface area contributed by atoms with Crippen LogP contribution < -0.4 is 31.2 Å². The monoisotopic (exact) mass is 698 g/mol. The molecule has 0 unspecified atom stereocenters. The highest BCUT2D eigenvalue weighted by molar-refractivity contribution is 5.99. The summed E-state index contributed by atoms with van der Waals surface area (Å²) in [5, 5.41) is 0. The molecule has 0 aromatic heterocycles. The number of hydrogen-bond acceptors (Lipinski definition) is 10. The average Bonchev–Trinajstić information content (AvgIpc) is 3.02. The van der Waals surface area contributed by atoms with Gasteiger partial charge in [-0.1, -0.05) is 62.8 Å². The number of unbranched alkanes of at least 4 members (excludes halogenated alkanes) is 7. The van der Waals surface area contributed by atoms with Crippen molar-refractivity contribution in [1.29, 1.82) is 0 Å². The number of para-hydroxylation sites is 2. The first kappa shape index (κ1) is 41.0. The SMILES string of the molecule is CC(C)(C)OC(=O)Oc1ccccc1C(=O)NNC(=O)CCCCCCCCCCC(=O)NNC(=O)c1ccccc1OC(=O)OC(C)(C)C. The van der Waals surface area contributed by atoms with E-state index in [4.69, 9.17) is 18.9 Å². The van der Waals surface area contributed by atoms with Crippen molar-refractivity contribution in [1.82, 2.24) is 21.7 Å². The lowest BCUT2D eigenvalue weighted by atomic mass is 10.1. The van der Waals surface area contributed by atoms with E-state index in [1.54, 1.807) is 65.8 Å². The van der Waals surface area contributed by atoms with Crippen LogP contribution >= 0.6 is 0 Å². The summed E-state index contributed by atoms with van der Waals surface area (Å²) in [5.74, 6) is -1.92. The number of nitrogens with one attached hydrogen (secondary N) is 4. The highest BCUT2D eigenvalue weighted by Crippen LogP contribution is 2.21. The number of hydrazine groups is 2. The third kappa shape index (κ3) is 17.3. The highest BCUT2D eigenvalue weighted by Gasteiger charge is 2.22. The van der Waals surface area contributed by atoms with E-state index in [0.717, 1.165) is 38.5 Å². The molecule has 2 rings (SSSR count). The Balaban J connectivity index is 1.54. The fourth-order valence-electron chi connectivity index (χ4n) is 4.35. The Hall–Kier alpha value is -5.14. The molecule has 0 fully saturated rings. The Morgan fingerprint density at radius 2 is 0.800 bits per heavy atom. The molecule has 0 aliphatic rings. The first-order valence-electron chi connectivity index (χ1n) is 16.7. The van der Waals surface area contributed by atoms with E-state index in [9.17, 15) is 28.8 Å². The summed E-state index contributed by atoms with van der Waals surface area (Å²) in [7, 11) is 0. The number of carbonyl (C=O) groups is 6. The topological polar surface area (TPSA) is 187 Å². The zero-order valence-electron chi connectivity index (χ0n) is 29.8. The fourth-order valence-corrected chi connectivity index (χ4v) is 4.35. The van der Waals surface area contributed by atoms with E-state index < -0.39 is 35.3 Å². The molecule has 0 heterocycles. The summed E-state index contributed by atoms with van der Waals surface area (Å²) in [5.41, 5.74) is 8.07. The Labute approximate surface area is 293 Å². The maximum atomic E-state index is 12.6. The van der Waals surface area contributed by atoms with Gasteiger partial charge in [0.2, 0.25) is 11.8 Å². The number of benzene rings is 2. The van der Waals surface area contributed by atoms with Gasteiger partial charge in [-0.15, -0.1) is 0 Å². The van der Waals surface area contributed by atoms with Crippen molar-refractivity contribution in [3.8, 4) is 11.5 Å². The smallest absolute Gasteiger partial charge is 0.428 e. The summed E-state index contributed by atoms with van der Waals surface area (Å²) in [4.78, 5) is 73.5. The molecule has 14 nitrogen and oxygen atoms in total. The zero-order chi connectivity index (χ0) is 37.2. The van der Waals surface area contributed by atoms with Gasteiger partial charge >= 0.3 is 12.3 Å². The van der Waals surface area contributed by atoms with Crippen molar-refractivity contribution >= 4 is 35.9 Å². The Morgan fingerprint density at radius 1 is 0.480 bits per heavy atom. The summed E-state index contributed by atoms with van der Waals surface area (Å²) in [6.45, 7) is 10.2. The van der Waals surface area contributed by atoms with Crippen LogP contribution in [0.5, 0.6) is 11.5 Å². The van der Waals surface area contributed by atoms with Gasteiger partial charge in [0.05, 0.1) is 11.1 Å². The van der Waals surface area contributed by atoms with Crippen LogP contribution in [0.15, 0.2) is 48.5 Å². The second-order valence-corrected chi connectivity index (χ2v) is 13.5. The molecule has 0 aliphatic heterocycles. The minimum atomic E-state index is -0.943. The van der Waals surface area contributed by atoms with E-state index in [2.05, 4.69) is 21.7 Å². The maximum absolute atomic E-state index is 12.6. The normalized spacial score (nSPS) is 11.1. The van der Waals surface area contributed by atoms with Crippen molar-refractivity contribution in [2.75, 3.05) is 0 Å². The molecule has 4 amide bonds. The highest BCUT2D eigenvalue weighted by atomic mass is 16.7. The van der Waals surface area contributed by atoms with Crippen LogP contribution in [-0.2, 0) is 19.1 Å². The van der Waals surface area contributed by atoms with Crippen LogP contribution in [0.1, 0.15) is 126 Å². The molecule has 0 aliphatic carbocycles. The van der Waals surface area contributed by atoms with Crippen molar-refractivity contribution in [3.05, 3.63) is 59.7 Å². The molecule has 0 spiro atoms. The molecule has 14 heteroatoms. The lowest BCUT2D eigenvalue weighted by molar-refractivity contribution is -0.122. The Bertz CT molecular complexity index is 1350. The standard InChI is InChI=1S/C36H50N4O10/c1-35(2,3)49-33(45)47-27-21-17-15-19-25(27)31(43)39-37-29(41)23-13-11-9-7-8-10-12-14-24-30(42)38-40-32(44)26-20-16-18-22-28(26)48-34(46)50-36(4,5)6/h15-22H,7-14,23-24H2,1-6H3,(H,37,41)(H,38,42)(H,39,43)(H,40,44). The van der Waals surface area contributed by atoms with E-state index in [1.807, 2.05) is 0 Å². The van der Waals surface area contributed by atoms with Gasteiger partial charge in [0.25, 0.3) is 11.8 Å². The molecule has 0 bridgehead atoms. The van der Waals surface area contributed by atoms with E-state index in [0.29, 0.717) is 12.8 Å². The Morgan fingerprint density at radius 3 is 1.14 bits per heavy atom. The summed E-state index contributed by atoms with van der Waals surface area (Å²) >= 11 is 0. The molecule has 0 saturated heterocycles. The first-order valence-corrected chi connectivity index (χ1v) is 16.7. The van der Waals surface area contributed by atoms with Crippen LogP contribution in [-0.4, -0.2) is 47.1 Å². The summed E-state index contributed by atoms with van der Waals surface area (Å²) < 4.78 is 20.6. The third-order valence-corrected chi connectivity index (χ3v) is 6.62. The predicted molar refractivity (Wildman–Crippen MR) is 184 cm³/mol. The number of carbonyl (C=O) groups excluding carboxylic acids is 6. The van der Waals surface area contributed by atoms with Gasteiger partial charge < -0.3 is 18.9 Å². The lowest BCUT2D eigenvalue weighted by Crippen LogP contribution is -2.41. The fraction of sp³-hybridized carbons (Fsp3) is 0.500. The lowest BCUT2D eigenvalue weighted by Gasteiger charge is -2.19. The van der Waals surface area contributed by atoms with Crippen molar-refractivity contribution in [3.63, 3.8) is 0 Å². The van der Waals surface area contributed by atoms with Crippen LogP contribution in [0.2, 0.25) is 0 Å². The molecular formula is C36H50N4O10. The molecule has 2 aromatic carbocycles. The van der Waals surface area contributed by atoms with Crippen LogP contribution in [0, 0.1) is 0 Å². The largest absolute Gasteiger partial charge is 0.514 e. The van der Waals surface area contributed by atoms with Gasteiger partial charge in [0.1, 0.15) is 22.7 Å². The maximum Gasteiger partial charge on any atom is 0.514 e. The molecule has 50 heavy (non-hydrogen) atoms. The van der Waals surface area contributed by atoms with Crippen molar-refractivity contribution in [2.45, 2.75) is 117 Å². The molecule has 0 saturated carbocycles. The predicted octanol–water partition coefficient (Wildman–Crippen LogP) is 6.44. The third-order valence-electron chi connectivity index (χ3n) is 6.62. The quantitative estimate of drug-likeness (QED) is 0.0698. The summed E-state index contributed by atoms with van der Waals surface area (Å²) in [6.07, 6.45) is 5.47. The first-order chi connectivity index (χ1) is 23.5. The number of ether oxygens (including phenoxy) is 4. The van der Waals surface area contributed by atoms with Gasteiger partial charge in [0.15, 0.2) is 0 Å². The molecule has 0 radical (unpaired) electrons. The molecule has 0 atom stereocenters. The molecule has 2 aromatic rings. The summed E-state index contributed by atoms with van der Waals surface area (Å²) in [6, 6.07) is 12.3. The van der Waals surface area contributed by atoms with E-state index in [1.165, 1.54) is 24.3 Å². The van der Waals surface area contributed by atoms with Crippen LogP contribution in [0.25, 0.3) is 0 Å². The molecule has 274 valence electrons. The van der Waals surface area contributed by atoms with Crippen molar-refractivity contribution < 1.29 is 47.7 Å². The minimum absolute atomic E-state index is 0.00731. The van der Waals surface area contributed by atoms with Gasteiger partial charge in [-0.05, 0) is 78.6 Å².